The third-order valence-corrected chi connectivity index (χ3v) is 2.45. The predicted molar refractivity (Wildman–Crippen MR) is 62.1 cm³/mol. The molecule has 0 spiro atoms. The highest BCUT2D eigenvalue weighted by atomic mass is 19.4. The van der Waals surface area contributed by atoms with E-state index >= 15 is 0 Å². The fourth-order valence-corrected chi connectivity index (χ4v) is 1.39. The first-order valence-electron chi connectivity index (χ1n) is 5.91. The van der Waals surface area contributed by atoms with Crippen LogP contribution in [0.5, 0.6) is 0 Å². The van der Waals surface area contributed by atoms with Crippen LogP contribution in [0, 0.1) is 0 Å². The minimum absolute atomic E-state index is 0.224. The zero-order valence-corrected chi connectivity index (χ0v) is 11.4. The zero-order valence-electron chi connectivity index (χ0n) is 11.4. The van der Waals surface area contributed by atoms with E-state index in [0.29, 0.717) is 6.42 Å². The van der Waals surface area contributed by atoms with Crippen molar-refractivity contribution in [1.82, 2.24) is 10.6 Å². The first-order valence-corrected chi connectivity index (χ1v) is 5.91. The number of hydrogen-bond donors (Lipinski definition) is 2. The molecule has 2 unspecified atom stereocenters. The van der Waals surface area contributed by atoms with Gasteiger partial charge in [0.05, 0.1) is 6.61 Å². The summed E-state index contributed by atoms with van der Waals surface area (Å²) in [7, 11) is 0. The van der Waals surface area contributed by atoms with E-state index in [2.05, 4.69) is 10.1 Å². The van der Waals surface area contributed by atoms with Gasteiger partial charge in [0.2, 0.25) is 5.91 Å². The van der Waals surface area contributed by atoms with Gasteiger partial charge in [0.15, 0.2) is 0 Å². The van der Waals surface area contributed by atoms with Crippen molar-refractivity contribution >= 4 is 11.9 Å². The molecule has 0 aliphatic carbocycles. The van der Waals surface area contributed by atoms with Gasteiger partial charge in [-0.3, -0.25) is 10.1 Å². The van der Waals surface area contributed by atoms with Crippen LogP contribution < -0.4 is 10.6 Å². The normalized spacial score (nSPS) is 16.4. The fraction of sp³-hybridized carbons (Fsp3) is 0.818. The Balaban J connectivity index is 5.58. The van der Waals surface area contributed by atoms with Gasteiger partial charge in [0.25, 0.3) is 5.66 Å². The third kappa shape index (κ3) is 4.38. The number of rotatable bonds is 6. The molecule has 8 heteroatoms. The molecule has 0 fully saturated rings. The Bertz CT molecular complexity index is 334. The number of ether oxygens (including phenoxy) is 1. The molecule has 0 aromatic heterocycles. The number of hydrogen-bond acceptors (Lipinski definition) is 4. The number of carbonyl (C=O) groups is 2. The number of esters is 1. The Hall–Kier alpha value is -1.31. The summed E-state index contributed by atoms with van der Waals surface area (Å²) in [6.07, 6.45) is -4.68. The highest BCUT2D eigenvalue weighted by molar-refractivity contribution is 5.87. The van der Waals surface area contributed by atoms with Crippen LogP contribution in [0.25, 0.3) is 0 Å². The van der Waals surface area contributed by atoms with Gasteiger partial charge < -0.3 is 10.1 Å². The van der Waals surface area contributed by atoms with Gasteiger partial charge in [-0.05, 0) is 20.3 Å². The molecule has 0 aromatic carbocycles. The van der Waals surface area contributed by atoms with Crippen molar-refractivity contribution in [1.29, 1.82) is 0 Å². The van der Waals surface area contributed by atoms with Crippen molar-refractivity contribution in [2.75, 3.05) is 6.61 Å². The molecule has 0 aliphatic heterocycles. The molecule has 0 bridgehead atoms. The van der Waals surface area contributed by atoms with E-state index in [-0.39, 0.29) is 6.61 Å². The van der Waals surface area contributed by atoms with E-state index in [9.17, 15) is 22.8 Å². The van der Waals surface area contributed by atoms with E-state index in [1.807, 2.05) is 0 Å². The molecule has 1 amide bonds. The molecule has 0 aliphatic rings. The number of halogens is 3. The van der Waals surface area contributed by atoms with E-state index in [1.165, 1.54) is 13.8 Å². The molecular weight excluding hydrogens is 265 g/mol. The van der Waals surface area contributed by atoms with Gasteiger partial charge in [-0.15, -0.1) is 0 Å². The highest BCUT2D eigenvalue weighted by Gasteiger charge is 2.63. The summed E-state index contributed by atoms with van der Waals surface area (Å²) in [6.45, 7) is 5.19. The number of nitrogens with one attached hydrogen (secondary N) is 2. The average Bonchev–Trinajstić information content (AvgIpc) is 2.25. The molecular formula is C11H19F3N2O3. The van der Waals surface area contributed by atoms with Crippen molar-refractivity contribution in [3.05, 3.63) is 0 Å². The van der Waals surface area contributed by atoms with Crippen molar-refractivity contribution in [2.24, 2.45) is 0 Å². The van der Waals surface area contributed by atoms with E-state index in [4.69, 9.17) is 0 Å². The van der Waals surface area contributed by atoms with Crippen LogP contribution in [0.4, 0.5) is 13.2 Å². The lowest BCUT2D eigenvalue weighted by molar-refractivity contribution is -0.223. The van der Waals surface area contributed by atoms with Gasteiger partial charge in [-0.2, -0.15) is 13.2 Å². The Morgan fingerprint density at radius 1 is 1.26 bits per heavy atom. The largest absolute Gasteiger partial charge is 0.463 e. The van der Waals surface area contributed by atoms with Crippen LogP contribution in [0.1, 0.15) is 34.1 Å². The maximum Gasteiger partial charge on any atom is 0.436 e. The summed E-state index contributed by atoms with van der Waals surface area (Å²) in [5.41, 5.74) is -3.22. The summed E-state index contributed by atoms with van der Waals surface area (Å²) in [5.74, 6) is -2.56. The second-order valence-corrected chi connectivity index (χ2v) is 4.10. The quantitative estimate of drug-likeness (QED) is 0.570. The predicted octanol–water partition coefficient (Wildman–Crippen LogP) is 1.33. The lowest BCUT2D eigenvalue weighted by Crippen LogP contribution is -2.73. The van der Waals surface area contributed by atoms with Crippen LogP contribution >= 0.6 is 0 Å². The molecule has 5 nitrogen and oxygen atoms in total. The van der Waals surface area contributed by atoms with E-state index in [1.54, 1.807) is 12.2 Å². The molecule has 2 N–H and O–H groups in total. The second kappa shape index (κ2) is 6.74. The molecule has 112 valence electrons. The van der Waals surface area contributed by atoms with Crippen molar-refractivity contribution in [3.8, 4) is 0 Å². The van der Waals surface area contributed by atoms with Gasteiger partial charge in [-0.25, -0.2) is 4.79 Å². The van der Waals surface area contributed by atoms with E-state index in [0.717, 1.165) is 6.92 Å². The monoisotopic (exact) mass is 284 g/mol. The fourth-order valence-electron chi connectivity index (χ4n) is 1.39. The summed E-state index contributed by atoms with van der Waals surface area (Å²) in [5, 5.41) is 3.74. The first-order chi connectivity index (χ1) is 8.60. The molecule has 0 radical (unpaired) electrons. The molecule has 19 heavy (non-hydrogen) atoms. The van der Waals surface area contributed by atoms with Crippen LogP contribution in [0.15, 0.2) is 0 Å². The zero-order chi connectivity index (χ0) is 15.3. The van der Waals surface area contributed by atoms with Gasteiger partial charge in [0, 0.05) is 13.0 Å². The maximum atomic E-state index is 13.2. The third-order valence-electron chi connectivity index (χ3n) is 2.45. The number of alkyl halides is 3. The Morgan fingerprint density at radius 3 is 2.11 bits per heavy atom. The minimum Gasteiger partial charge on any atom is -0.463 e. The molecule has 2 atom stereocenters. The highest BCUT2D eigenvalue weighted by Crippen LogP contribution is 2.30. The number of carbonyl (C=O) groups excluding carboxylic acids is 2. The lowest BCUT2D eigenvalue weighted by Gasteiger charge is -2.36. The van der Waals surface area contributed by atoms with Crippen LogP contribution in [0.3, 0.4) is 0 Å². The summed E-state index contributed by atoms with van der Waals surface area (Å²) in [6, 6.07) is -0.641. The Labute approximate surface area is 109 Å². The van der Waals surface area contributed by atoms with Crippen LogP contribution in [-0.4, -0.2) is 36.4 Å². The van der Waals surface area contributed by atoms with Gasteiger partial charge in [-0.1, -0.05) is 6.92 Å². The standard InChI is InChI=1S/C11H19F3N2O3/c1-5-7(3)15-10(11(12,13)14,16-8(4)17)9(18)19-6-2/h7,15H,5-6H2,1-4H3,(H,16,17). The molecule has 0 aromatic rings. The summed E-state index contributed by atoms with van der Waals surface area (Å²) >= 11 is 0. The van der Waals surface area contributed by atoms with Crippen molar-refractivity contribution < 1.29 is 27.5 Å². The topological polar surface area (TPSA) is 67.4 Å². The van der Waals surface area contributed by atoms with Gasteiger partial charge >= 0.3 is 12.1 Å². The average molecular weight is 284 g/mol. The van der Waals surface area contributed by atoms with Crippen LogP contribution in [0.2, 0.25) is 0 Å². The maximum absolute atomic E-state index is 13.2. The molecule has 0 rings (SSSR count). The lowest BCUT2D eigenvalue weighted by atomic mass is 10.1. The first kappa shape index (κ1) is 17.7. The second-order valence-electron chi connectivity index (χ2n) is 4.10. The Kier molecular flexibility index (Phi) is 6.28. The Morgan fingerprint density at radius 2 is 1.79 bits per heavy atom. The minimum atomic E-state index is -5.02. The SMILES string of the molecule is CCOC(=O)C(NC(C)=O)(NC(C)CC)C(F)(F)F. The molecule has 0 heterocycles. The van der Waals surface area contributed by atoms with Crippen molar-refractivity contribution in [2.45, 2.75) is 52.0 Å². The van der Waals surface area contributed by atoms with Crippen LogP contribution in [-0.2, 0) is 14.3 Å². The summed E-state index contributed by atoms with van der Waals surface area (Å²) < 4.78 is 44.1. The smallest absolute Gasteiger partial charge is 0.436 e. The van der Waals surface area contributed by atoms with Gasteiger partial charge in [0.1, 0.15) is 0 Å². The van der Waals surface area contributed by atoms with E-state index < -0.39 is 29.8 Å². The molecule has 0 saturated heterocycles. The van der Waals surface area contributed by atoms with Crippen molar-refractivity contribution in [3.63, 3.8) is 0 Å². The summed E-state index contributed by atoms with van der Waals surface area (Å²) in [4.78, 5) is 22.7. The molecule has 0 saturated carbocycles. The number of amides is 1.